The van der Waals surface area contributed by atoms with Crippen molar-refractivity contribution in [3.05, 3.63) is 0 Å². The molecule has 0 aliphatic rings. The number of unbranched alkanes of at least 4 members (excludes halogenated alkanes) is 12. The lowest BCUT2D eigenvalue weighted by Gasteiger charge is -2.29. The molecule has 3 heteroatoms. The molecular formula is C21H45NOSi. The van der Waals surface area contributed by atoms with Crippen molar-refractivity contribution in [2.24, 2.45) is 10.7 Å². The van der Waals surface area contributed by atoms with E-state index in [1.54, 1.807) is 10.0 Å². The average Bonchev–Trinajstić information content (AvgIpc) is 2.51. The fourth-order valence-corrected chi connectivity index (χ4v) is 4.03. The Kier molecular flexibility index (Phi) is 16.2. The van der Waals surface area contributed by atoms with Gasteiger partial charge in [-0.1, -0.05) is 97.8 Å². The molecule has 0 saturated carbocycles. The SMILES string of the molecule is CCCCCCCCCCCCCCCC(C)(CC(C)C)ON=[SiH2]. The molecule has 0 aliphatic heterocycles. The first-order chi connectivity index (χ1) is 11.5. The summed E-state index contributed by atoms with van der Waals surface area (Å²) in [4.78, 5) is 9.65. The van der Waals surface area contributed by atoms with Crippen molar-refractivity contribution in [2.75, 3.05) is 0 Å². The molecule has 2 nitrogen and oxygen atoms in total. The molecule has 1 atom stereocenters. The van der Waals surface area contributed by atoms with Crippen LogP contribution in [0.25, 0.3) is 0 Å². The third kappa shape index (κ3) is 15.4. The zero-order valence-corrected chi connectivity index (χ0v) is 18.7. The van der Waals surface area contributed by atoms with Crippen molar-refractivity contribution in [1.82, 2.24) is 0 Å². The maximum absolute atomic E-state index is 5.68. The topological polar surface area (TPSA) is 21.6 Å². The van der Waals surface area contributed by atoms with Crippen molar-refractivity contribution < 1.29 is 4.84 Å². The van der Waals surface area contributed by atoms with Gasteiger partial charge in [-0.25, -0.2) is 0 Å². The van der Waals surface area contributed by atoms with Crippen molar-refractivity contribution in [3.63, 3.8) is 0 Å². The Morgan fingerprint density at radius 2 is 1.21 bits per heavy atom. The van der Waals surface area contributed by atoms with Crippen LogP contribution in [0.4, 0.5) is 0 Å². The second-order valence-corrected chi connectivity index (χ2v) is 8.52. The lowest BCUT2D eigenvalue weighted by molar-refractivity contribution is -0.0482. The quantitative estimate of drug-likeness (QED) is 0.147. The standard InChI is InChI=1S/C21H45NOSi/c1-5-6-7-8-9-10-11-12-13-14-15-16-17-18-21(4,23-22-24)19-20(2)3/h20H,5-19,24H2,1-4H3. The van der Waals surface area contributed by atoms with E-state index >= 15 is 0 Å². The maximum Gasteiger partial charge on any atom is 0.148 e. The van der Waals surface area contributed by atoms with Gasteiger partial charge in [0.05, 0.1) is 0 Å². The highest BCUT2D eigenvalue weighted by molar-refractivity contribution is 5.91. The minimum Gasteiger partial charge on any atom is -0.401 e. The zero-order chi connectivity index (χ0) is 18.1. The summed E-state index contributed by atoms with van der Waals surface area (Å²) in [6.45, 7) is 9.05. The fourth-order valence-electron chi connectivity index (χ4n) is 3.72. The fraction of sp³-hybridized carbons (Fsp3) is 1.00. The Morgan fingerprint density at radius 3 is 1.58 bits per heavy atom. The van der Waals surface area contributed by atoms with Gasteiger partial charge in [-0.05, 0) is 32.1 Å². The molecule has 0 N–H and O–H groups in total. The van der Waals surface area contributed by atoms with Crippen LogP contribution in [-0.4, -0.2) is 15.6 Å². The van der Waals surface area contributed by atoms with E-state index in [2.05, 4.69) is 32.5 Å². The second kappa shape index (κ2) is 16.3. The molecule has 0 spiro atoms. The van der Waals surface area contributed by atoms with Gasteiger partial charge in [0.2, 0.25) is 0 Å². The van der Waals surface area contributed by atoms with Gasteiger partial charge in [0, 0.05) is 0 Å². The summed E-state index contributed by atoms with van der Waals surface area (Å²) in [6.07, 6.45) is 20.6. The third-order valence-corrected chi connectivity index (χ3v) is 5.06. The molecule has 0 aromatic heterocycles. The largest absolute Gasteiger partial charge is 0.401 e. The highest BCUT2D eigenvalue weighted by atomic mass is 28.1. The lowest BCUT2D eigenvalue weighted by atomic mass is 9.89. The summed E-state index contributed by atoms with van der Waals surface area (Å²) in [5, 5.41) is 0. The van der Waals surface area contributed by atoms with Crippen molar-refractivity contribution in [2.45, 2.75) is 130 Å². The Morgan fingerprint density at radius 1 is 0.792 bits per heavy atom. The Hall–Kier alpha value is -0.183. The summed E-state index contributed by atoms with van der Waals surface area (Å²) < 4.78 is 0. The molecule has 0 radical (unpaired) electrons. The predicted octanol–water partition coefficient (Wildman–Crippen LogP) is 7.02. The van der Waals surface area contributed by atoms with Crippen LogP contribution in [0.3, 0.4) is 0 Å². The Bertz CT molecular complexity index is 283. The van der Waals surface area contributed by atoms with Crippen LogP contribution in [0.5, 0.6) is 0 Å². The Labute approximate surface area is 155 Å². The van der Waals surface area contributed by atoms with E-state index < -0.39 is 0 Å². The minimum absolute atomic E-state index is 0.0479. The first-order valence-electron chi connectivity index (χ1n) is 10.7. The predicted molar refractivity (Wildman–Crippen MR) is 110 cm³/mol. The van der Waals surface area contributed by atoms with E-state index in [4.69, 9.17) is 4.84 Å². The van der Waals surface area contributed by atoms with Crippen LogP contribution < -0.4 is 0 Å². The van der Waals surface area contributed by atoms with E-state index in [1.807, 2.05) is 0 Å². The van der Waals surface area contributed by atoms with Crippen LogP contribution in [0.15, 0.2) is 4.80 Å². The molecule has 0 aromatic rings. The van der Waals surface area contributed by atoms with Crippen molar-refractivity contribution in [1.29, 1.82) is 0 Å². The molecule has 0 fully saturated rings. The van der Waals surface area contributed by atoms with Crippen molar-refractivity contribution >= 4 is 10.0 Å². The molecule has 0 aromatic carbocycles. The zero-order valence-electron chi connectivity index (χ0n) is 17.2. The number of hydrogen-bond acceptors (Lipinski definition) is 2. The molecule has 0 heterocycles. The lowest BCUT2D eigenvalue weighted by Crippen LogP contribution is -2.28. The van der Waals surface area contributed by atoms with Gasteiger partial charge < -0.3 is 4.84 Å². The van der Waals surface area contributed by atoms with Crippen LogP contribution >= 0.6 is 0 Å². The van der Waals surface area contributed by atoms with Gasteiger partial charge in [-0.15, -0.1) is 0 Å². The van der Waals surface area contributed by atoms with Crippen LogP contribution in [0, 0.1) is 5.92 Å². The second-order valence-electron chi connectivity index (χ2n) is 8.26. The monoisotopic (exact) mass is 355 g/mol. The molecule has 1 unspecified atom stereocenters. The van der Waals surface area contributed by atoms with E-state index in [9.17, 15) is 0 Å². The molecule has 144 valence electrons. The third-order valence-electron chi connectivity index (χ3n) is 4.93. The molecule has 0 bridgehead atoms. The summed E-state index contributed by atoms with van der Waals surface area (Å²) in [6, 6.07) is 0. The summed E-state index contributed by atoms with van der Waals surface area (Å²) in [5.41, 5.74) is -0.0479. The van der Waals surface area contributed by atoms with Gasteiger partial charge in [-0.3, -0.25) is 0 Å². The Balaban J connectivity index is 3.44. The molecule has 0 aliphatic carbocycles. The molecule has 0 amide bonds. The van der Waals surface area contributed by atoms with Gasteiger partial charge in [0.1, 0.15) is 15.6 Å². The smallest absolute Gasteiger partial charge is 0.148 e. The number of rotatable bonds is 18. The van der Waals surface area contributed by atoms with Crippen LogP contribution in [0.2, 0.25) is 0 Å². The number of nitrogens with zero attached hydrogens (tertiary/aromatic N) is 1. The van der Waals surface area contributed by atoms with Crippen LogP contribution in [0.1, 0.15) is 124 Å². The normalized spacial score (nSPS) is 13.9. The summed E-state index contributed by atoms with van der Waals surface area (Å²) >= 11 is 0. The summed E-state index contributed by atoms with van der Waals surface area (Å²) in [7, 11) is 1.56. The molecule has 0 rings (SSSR count). The van der Waals surface area contributed by atoms with Gasteiger partial charge >= 0.3 is 0 Å². The average molecular weight is 356 g/mol. The highest BCUT2D eigenvalue weighted by Crippen LogP contribution is 2.27. The highest BCUT2D eigenvalue weighted by Gasteiger charge is 2.26. The van der Waals surface area contributed by atoms with E-state index in [-0.39, 0.29) is 5.60 Å². The van der Waals surface area contributed by atoms with Crippen molar-refractivity contribution in [3.8, 4) is 0 Å². The van der Waals surface area contributed by atoms with E-state index in [1.165, 1.54) is 83.5 Å². The number of hydrogen-bond donors (Lipinski definition) is 0. The first kappa shape index (κ1) is 23.8. The van der Waals surface area contributed by atoms with Crippen LogP contribution in [-0.2, 0) is 4.84 Å². The maximum atomic E-state index is 5.68. The summed E-state index contributed by atoms with van der Waals surface area (Å²) in [5.74, 6) is 0.669. The molecule has 24 heavy (non-hydrogen) atoms. The van der Waals surface area contributed by atoms with E-state index in [0.29, 0.717) is 5.92 Å². The molecular weight excluding hydrogens is 310 g/mol. The van der Waals surface area contributed by atoms with Gasteiger partial charge in [-0.2, -0.15) is 4.80 Å². The van der Waals surface area contributed by atoms with Gasteiger partial charge in [0.25, 0.3) is 0 Å². The first-order valence-corrected chi connectivity index (χ1v) is 11.3. The van der Waals surface area contributed by atoms with E-state index in [0.717, 1.165) is 12.8 Å². The molecule has 0 saturated heterocycles. The van der Waals surface area contributed by atoms with Gasteiger partial charge in [0.15, 0.2) is 0 Å². The minimum atomic E-state index is -0.0479.